The fourth-order valence-electron chi connectivity index (χ4n) is 3.15. The number of halogens is 5. The van der Waals surface area contributed by atoms with E-state index in [1.54, 1.807) is 0 Å². The molecule has 1 aromatic carbocycles. The molecular formula is C13H11F5. The van der Waals surface area contributed by atoms with Crippen molar-refractivity contribution in [3.05, 3.63) is 35.4 Å². The zero-order valence-corrected chi connectivity index (χ0v) is 9.40. The standard InChI is InChI=1S/C13H11F5/c14-12(15,11-5-8(6-11)7-11)9-3-1-2-4-10(9)13(16,17)18/h1-4,8H,5-7H2. The summed E-state index contributed by atoms with van der Waals surface area (Å²) in [6.45, 7) is 0. The van der Waals surface area contributed by atoms with Crippen molar-refractivity contribution >= 4 is 0 Å². The molecule has 3 saturated carbocycles. The molecule has 0 spiro atoms. The van der Waals surface area contributed by atoms with Crippen LogP contribution < -0.4 is 0 Å². The third-order valence-corrected chi connectivity index (χ3v) is 4.28. The van der Waals surface area contributed by atoms with Gasteiger partial charge in [-0.15, -0.1) is 0 Å². The molecule has 5 heteroatoms. The molecule has 0 amide bonds. The summed E-state index contributed by atoms with van der Waals surface area (Å²) < 4.78 is 66.9. The van der Waals surface area contributed by atoms with Crippen molar-refractivity contribution in [3.8, 4) is 0 Å². The second-order valence-corrected chi connectivity index (χ2v) is 5.38. The van der Waals surface area contributed by atoms with Gasteiger partial charge in [-0.1, -0.05) is 18.2 Å². The normalized spacial score (nSPS) is 30.6. The topological polar surface area (TPSA) is 0 Å². The van der Waals surface area contributed by atoms with Crippen LogP contribution >= 0.6 is 0 Å². The molecule has 2 bridgehead atoms. The second kappa shape index (κ2) is 3.25. The summed E-state index contributed by atoms with van der Waals surface area (Å²) in [5.41, 5.74) is -3.28. The molecule has 1 aromatic rings. The van der Waals surface area contributed by atoms with Gasteiger partial charge in [-0.2, -0.15) is 13.2 Å². The first-order chi connectivity index (χ1) is 8.26. The van der Waals surface area contributed by atoms with Crippen molar-refractivity contribution in [1.29, 1.82) is 0 Å². The van der Waals surface area contributed by atoms with E-state index in [1.807, 2.05) is 0 Å². The minimum atomic E-state index is -4.73. The van der Waals surface area contributed by atoms with Crippen LogP contribution in [0.4, 0.5) is 22.0 Å². The Kier molecular flexibility index (Phi) is 2.15. The molecule has 0 radical (unpaired) electrons. The van der Waals surface area contributed by atoms with Crippen LogP contribution in [-0.2, 0) is 12.1 Å². The molecular weight excluding hydrogens is 251 g/mol. The number of hydrogen-bond donors (Lipinski definition) is 0. The highest BCUT2D eigenvalue weighted by Gasteiger charge is 2.70. The lowest BCUT2D eigenvalue weighted by Crippen LogP contribution is -2.60. The van der Waals surface area contributed by atoms with Gasteiger partial charge in [-0.25, -0.2) is 8.78 Å². The van der Waals surface area contributed by atoms with E-state index in [9.17, 15) is 22.0 Å². The SMILES string of the molecule is FC(F)(F)c1ccccc1C(F)(F)C12CC(C1)C2. The number of rotatable bonds is 2. The maximum absolute atomic E-state index is 14.3. The molecule has 0 unspecified atom stereocenters. The molecule has 0 saturated heterocycles. The fraction of sp³-hybridized carbons (Fsp3) is 0.538. The first-order valence-electron chi connectivity index (χ1n) is 5.81. The molecule has 0 aromatic heterocycles. The molecule has 0 atom stereocenters. The molecule has 0 nitrogen and oxygen atoms in total. The van der Waals surface area contributed by atoms with E-state index in [0.29, 0.717) is 25.2 Å². The molecule has 3 fully saturated rings. The predicted molar refractivity (Wildman–Crippen MR) is 55.1 cm³/mol. The molecule has 0 heterocycles. The minimum Gasteiger partial charge on any atom is -0.201 e. The van der Waals surface area contributed by atoms with Crippen LogP contribution in [0.2, 0.25) is 0 Å². The van der Waals surface area contributed by atoms with E-state index in [1.165, 1.54) is 6.07 Å². The monoisotopic (exact) mass is 262 g/mol. The lowest BCUT2D eigenvalue weighted by Gasteiger charge is -2.64. The average molecular weight is 262 g/mol. The molecule has 0 aliphatic heterocycles. The number of benzene rings is 1. The smallest absolute Gasteiger partial charge is 0.201 e. The van der Waals surface area contributed by atoms with E-state index in [2.05, 4.69) is 0 Å². The highest BCUT2D eigenvalue weighted by atomic mass is 19.4. The molecule has 18 heavy (non-hydrogen) atoms. The zero-order valence-electron chi connectivity index (χ0n) is 9.40. The van der Waals surface area contributed by atoms with Crippen LogP contribution in [0.25, 0.3) is 0 Å². The Morgan fingerprint density at radius 1 is 0.889 bits per heavy atom. The van der Waals surface area contributed by atoms with Gasteiger partial charge in [0.15, 0.2) is 0 Å². The van der Waals surface area contributed by atoms with Crippen molar-refractivity contribution < 1.29 is 22.0 Å². The predicted octanol–water partition coefficient (Wildman–Crippen LogP) is 4.60. The highest BCUT2D eigenvalue weighted by molar-refractivity contribution is 5.37. The van der Waals surface area contributed by atoms with Gasteiger partial charge in [0.05, 0.1) is 5.56 Å². The van der Waals surface area contributed by atoms with E-state index in [4.69, 9.17) is 0 Å². The zero-order chi connectivity index (χ0) is 13.2. The van der Waals surface area contributed by atoms with Gasteiger partial charge in [0.25, 0.3) is 5.92 Å². The van der Waals surface area contributed by atoms with Gasteiger partial charge in [0.1, 0.15) is 0 Å². The van der Waals surface area contributed by atoms with Crippen LogP contribution in [-0.4, -0.2) is 0 Å². The van der Waals surface area contributed by atoms with Gasteiger partial charge >= 0.3 is 6.18 Å². The average Bonchev–Trinajstić information content (AvgIpc) is 2.10. The highest BCUT2D eigenvalue weighted by Crippen LogP contribution is 2.73. The maximum atomic E-state index is 14.3. The van der Waals surface area contributed by atoms with Crippen molar-refractivity contribution in [2.75, 3.05) is 0 Å². The van der Waals surface area contributed by atoms with Crippen LogP contribution in [0.15, 0.2) is 24.3 Å². The largest absolute Gasteiger partial charge is 0.416 e. The maximum Gasteiger partial charge on any atom is 0.416 e. The van der Waals surface area contributed by atoms with Crippen molar-refractivity contribution in [2.24, 2.45) is 11.3 Å². The van der Waals surface area contributed by atoms with Crippen molar-refractivity contribution in [3.63, 3.8) is 0 Å². The van der Waals surface area contributed by atoms with Gasteiger partial charge in [-0.05, 0) is 31.2 Å². The first-order valence-corrected chi connectivity index (χ1v) is 5.81. The number of hydrogen-bond acceptors (Lipinski definition) is 0. The van der Waals surface area contributed by atoms with Gasteiger partial charge in [-0.3, -0.25) is 0 Å². The van der Waals surface area contributed by atoms with E-state index >= 15 is 0 Å². The van der Waals surface area contributed by atoms with Gasteiger partial charge < -0.3 is 0 Å². The summed E-state index contributed by atoms with van der Waals surface area (Å²) in [5.74, 6) is -3.08. The second-order valence-electron chi connectivity index (χ2n) is 5.38. The summed E-state index contributed by atoms with van der Waals surface area (Å²) in [7, 11) is 0. The van der Waals surface area contributed by atoms with E-state index < -0.39 is 28.6 Å². The third kappa shape index (κ3) is 1.36. The molecule has 4 rings (SSSR count). The Morgan fingerprint density at radius 2 is 1.39 bits per heavy atom. The lowest BCUT2D eigenvalue weighted by atomic mass is 9.41. The van der Waals surface area contributed by atoms with Crippen LogP contribution in [0.1, 0.15) is 30.4 Å². The summed E-state index contributed by atoms with van der Waals surface area (Å²) >= 11 is 0. The van der Waals surface area contributed by atoms with E-state index in [-0.39, 0.29) is 0 Å². The minimum absolute atomic E-state index is 0.300. The number of alkyl halides is 5. The summed E-state index contributed by atoms with van der Waals surface area (Å²) in [4.78, 5) is 0. The summed E-state index contributed by atoms with van der Waals surface area (Å²) in [5, 5.41) is 0. The van der Waals surface area contributed by atoms with Crippen LogP contribution in [0.3, 0.4) is 0 Å². The third-order valence-electron chi connectivity index (χ3n) is 4.28. The quantitative estimate of drug-likeness (QED) is 0.683. The molecule has 3 aliphatic rings. The Bertz CT molecular complexity index is 471. The first kappa shape index (κ1) is 11.9. The Morgan fingerprint density at radius 3 is 1.78 bits per heavy atom. The fourth-order valence-corrected chi connectivity index (χ4v) is 3.15. The van der Waals surface area contributed by atoms with Gasteiger partial charge in [0, 0.05) is 11.0 Å². The van der Waals surface area contributed by atoms with E-state index in [0.717, 1.165) is 18.2 Å². The lowest BCUT2D eigenvalue weighted by molar-refractivity contribution is -0.273. The Hall–Kier alpha value is -1.13. The Labute approximate surface area is 101 Å². The van der Waals surface area contributed by atoms with Crippen LogP contribution in [0.5, 0.6) is 0 Å². The summed E-state index contributed by atoms with van der Waals surface area (Å²) in [6.07, 6.45) is -3.67. The van der Waals surface area contributed by atoms with Crippen molar-refractivity contribution in [1.82, 2.24) is 0 Å². The Balaban J connectivity index is 2.06. The summed E-state index contributed by atoms with van der Waals surface area (Å²) in [6, 6.07) is 4.02. The molecule has 0 N–H and O–H groups in total. The van der Waals surface area contributed by atoms with Crippen LogP contribution in [0, 0.1) is 11.3 Å². The van der Waals surface area contributed by atoms with Gasteiger partial charge in [0.2, 0.25) is 0 Å². The molecule has 98 valence electrons. The van der Waals surface area contributed by atoms with Crippen molar-refractivity contribution in [2.45, 2.75) is 31.4 Å². The molecule has 3 aliphatic carbocycles.